The predicted molar refractivity (Wildman–Crippen MR) is 143 cm³/mol. The van der Waals surface area contributed by atoms with Gasteiger partial charge >= 0.3 is 6.18 Å². The van der Waals surface area contributed by atoms with Gasteiger partial charge in [0.1, 0.15) is 12.4 Å². The molecule has 0 radical (unpaired) electrons. The average Bonchev–Trinajstić information content (AvgIpc) is 2.94. The van der Waals surface area contributed by atoms with Crippen molar-refractivity contribution in [1.82, 2.24) is 20.0 Å². The van der Waals surface area contributed by atoms with Crippen LogP contribution in [-0.4, -0.2) is 90.9 Å². The highest BCUT2D eigenvalue weighted by atomic mass is 19.4. The molecule has 1 atom stereocenters. The molecule has 0 aromatic heterocycles. The minimum absolute atomic E-state index is 0.0136. The Labute approximate surface area is 232 Å². The van der Waals surface area contributed by atoms with Crippen LogP contribution in [0.1, 0.15) is 46.5 Å². The van der Waals surface area contributed by atoms with E-state index in [1.54, 1.807) is 34.1 Å². The summed E-state index contributed by atoms with van der Waals surface area (Å²) >= 11 is 0. The van der Waals surface area contributed by atoms with Gasteiger partial charge in [0.2, 0.25) is 5.91 Å². The van der Waals surface area contributed by atoms with Crippen molar-refractivity contribution in [3.05, 3.63) is 65.2 Å². The number of hydrogen-bond acceptors (Lipinski definition) is 5. The SMILES string of the molecule is CC(C)CCN1CCNC(=O)c2cc(C(F)(F)F)ccc2OC[C@@H]2CN(C(=O)c3ccccc3)CCN2C(=O)C1. The van der Waals surface area contributed by atoms with Gasteiger partial charge in [-0.25, -0.2) is 0 Å². The van der Waals surface area contributed by atoms with Gasteiger partial charge in [0.05, 0.1) is 23.7 Å². The van der Waals surface area contributed by atoms with Gasteiger partial charge < -0.3 is 19.9 Å². The second-order valence-corrected chi connectivity index (χ2v) is 10.6. The van der Waals surface area contributed by atoms with Gasteiger partial charge in [-0.2, -0.15) is 13.2 Å². The van der Waals surface area contributed by atoms with Gasteiger partial charge in [0.15, 0.2) is 0 Å². The number of piperazine rings is 1. The Balaban J connectivity index is 1.64. The molecule has 40 heavy (non-hydrogen) atoms. The highest BCUT2D eigenvalue weighted by Crippen LogP contribution is 2.33. The molecule has 11 heteroatoms. The maximum atomic E-state index is 13.5. The molecule has 1 N–H and O–H groups in total. The largest absolute Gasteiger partial charge is 0.491 e. The highest BCUT2D eigenvalue weighted by molar-refractivity contribution is 5.97. The molecule has 2 aliphatic heterocycles. The molecule has 1 fully saturated rings. The van der Waals surface area contributed by atoms with Gasteiger partial charge in [-0.1, -0.05) is 32.0 Å². The van der Waals surface area contributed by atoms with Crippen molar-refractivity contribution in [2.24, 2.45) is 5.92 Å². The Bertz CT molecular complexity index is 1210. The van der Waals surface area contributed by atoms with E-state index in [0.717, 1.165) is 24.6 Å². The van der Waals surface area contributed by atoms with E-state index in [4.69, 9.17) is 4.74 Å². The summed E-state index contributed by atoms with van der Waals surface area (Å²) in [6, 6.07) is 11.0. The minimum atomic E-state index is -4.63. The number of halogens is 3. The van der Waals surface area contributed by atoms with Gasteiger partial charge in [-0.3, -0.25) is 19.3 Å². The molecule has 216 valence electrons. The number of hydrogen-bond donors (Lipinski definition) is 1. The fourth-order valence-corrected chi connectivity index (χ4v) is 4.89. The van der Waals surface area contributed by atoms with E-state index in [0.29, 0.717) is 37.7 Å². The number of nitrogens with zero attached hydrogens (tertiary/aromatic N) is 3. The van der Waals surface area contributed by atoms with Crippen molar-refractivity contribution in [2.75, 3.05) is 52.4 Å². The summed E-state index contributed by atoms with van der Waals surface area (Å²) in [5, 5.41) is 2.69. The van der Waals surface area contributed by atoms with Crippen LogP contribution in [0.25, 0.3) is 0 Å². The molecule has 0 bridgehead atoms. The zero-order valence-corrected chi connectivity index (χ0v) is 22.7. The van der Waals surface area contributed by atoms with Gasteiger partial charge in [0, 0.05) is 38.3 Å². The predicted octanol–water partition coefficient (Wildman–Crippen LogP) is 3.53. The number of benzene rings is 2. The van der Waals surface area contributed by atoms with E-state index >= 15 is 0 Å². The number of rotatable bonds is 4. The van der Waals surface area contributed by atoms with Crippen LogP contribution >= 0.6 is 0 Å². The van der Waals surface area contributed by atoms with Crippen LogP contribution in [0.15, 0.2) is 48.5 Å². The third-order valence-corrected chi connectivity index (χ3v) is 7.19. The second kappa shape index (κ2) is 12.7. The zero-order valence-electron chi connectivity index (χ0n) is 22.7. The van der Waals surface area contributed by atoms with E-state index in [-0.39, 0.29) is 49.4 Å². The fourth-order valence-electron chi connectivity index (χ4n) is 4.89. The maximum Gasteiger partial charge on any atom is 0.416 e. The van der Waals surface area contributed by atoms with E-state index in [2.05, 4.69) is 19.2 Å². The summed E-state index contributed by atoms with van der Waals surface area (Å²) < 4.78 is 46.3. The molecular weight excluding hydrogens is 525 g/mol. The molecule has 4 rings (SSSR count). The first kappa shape index (κ1) is 29.4. The molecule has 0 aliphatic carbocycles. The van der Waals surface area contributed by atoms with Crippen molar-refractivity contribution >= 4 is 17.7 Å². The van der Waals surface area contributed by atoms with Crippen molar-refractivity contribution in [2.45, 2.75) is 32.5 Å². The van der Waals surface area contributed by atoms with Gasteiger partial charge in [0.25, 0.3) is 11.8 Å². The minimum Gasteiger partial charge on any atom is -0.491 e. The van der Waals surface area contributed by atoms with E-state index < -0.39 is 23.7 Å². The Kier molecular flexibility index (Phi) is 9.34. The number of nitrogens with one attached hydrogen (secondary N) is 1. The fraction of sp³-hybridized carbons (Fsp3) is 0.483. The summed E-state index contributed by atoms with van der Waals surface area (Å²) in [4.78, 5) is 45.0. The topological polar surface area (TPSA) is 82.2 Å². The molecule has 8 nitrogen and oxygen atoms in total. The summed E-state index contributed by atoms with van der Waals surface area (Å²) in [6.07, 6.45) is -3.79. The summed E-state index contributed by atoms with van der Waals surface area (Å²) in [5.74, 6) is -0.598. The lowest BCUT2D eigenvalue weighted by molar-refractivity contribution is -0.138. The average molecular weight is 561 g/mol. The van der Waals surface area contributed by atoms with Crippen LogP contribution in [0.5, 0.6) is 5.75 Å². The first-order chi connectivity index (χ1) is 19.0. The molecule has 0 saturated carbocycles. The third kappa shape index (κ3) is 7.32. The number of carbonyl (C=O) groups is 3. The summed E-state index contributed by atoms with van der Waals surface area (Å²) in [5.41, 5.74) is -0.662. The lowest BCUT2D eigenvalue weighted by Crippen LogP contribution is -2.60. The van der Waals surface area contributed by atoms with Crippen LogP contribution in [-0.2, 0) is 11.0 Å². The Morgan fingerprint density at radius 2 is 1.82 bits per heavy atom. The standard InChI is InChI=1S/C29H35F3N4O4/c1-20(2)10-12-34-13-11-33-27(38)24-16-22(29(30,31)32)8-9-25(24)40-19-23-17-35(14-15-36(23)26(37)18-34)28(39)21-6-4-3-5-7-21/h3-9,16,20,23H,10-15,17-19H2,1-2H3,(H,33,38)/t23-/m0/s1. The number of amides is 3. The molecule has 2 aromatic carbocycles. The quantitative estimate of drug-likeness (QED) is 0.619. The maximum absolute atomic E-state index is 13.5. The number of fused-ring (bicyclic) bond motifs is 2. The van der Waals surface area contributed by atoms with E-state index in [1.165, 1.54) is 0 Å². The summed E-state index contributed by atoms with van der Waals surface area (Å²) in [7, 11) is 0. The normalized spacial score (nSPS) is 19.5. The zero-order chi connectivity index (χ0) is 28.9. The number of alkyl halides is 3. The van der Waals surface area contributed by atoms with Crippen molar-refractivity contribution < 1.29 is 32.3 Å². The van der Waals surface area contributed by atoms with E-state index in [1.807, 2.05) is 11.0 Å². The molecule has 2 heterocycles. The molecule has 0 spiro atoms. The van der Waals surface area contributed by atoms with Crippen molar-refractivity contribution in [3.63, 3.8) is 0 Å². The monoisotopic (exact) mass is 560 g/mol. The Morgan fingerprint density at radius 3 is 2.52 bits per heavy atom. The smallest absolute Gasteiger partial charge is 0.416 e. The second-order valence-electron chi connectivity index (χ2n) is 10.6. The van der Waals surface area contributed by atoms with Crippen molar-refractivity contribution in [3.8, 4) is 5.75 Å². The van der Waals surface area contributed by atoms with Gasteiger partial charge in [-0.15, -0.1) is 0 Å². The van der Waals surface area contributed by atoms with Crippen LogP contribution in [0.3, 0.4) is 0 Å². The summed E-state index contributed by atoms with van der Waals surface area (Å²) in [6.45, 7) is 6.15. The molecule has 3 amide bonds. The molecule has 2 aromatic rings. The van der Waals surface area contributed by atoms with Crippen LogP contribution in [0.2, 0.25) is 0 Å². The van der Waals surface area contributed by atoms with E-state index in [9.17, 15) is 27.6 Å². The van der Waals surface area contributed by atoms with Crippen LogP contribution in [0, 0.1) is 5.92 Å². The molecular formula is C29H35F3N4O4. The first-order valence-electron chi connectivity index (χ1n) is 13.5. The van der Waals surface area contributed by atoms with Crippen LogP contribution in [0.4, 0.5) is 13.2 Å². The third-order valence-electron chi connectivity index (χ3n) is 7.19. The Morgan fingerprint density at radius 1 is 1.07 bits per heavy atom. The molecule has 1 saturated heterocycles. The van der Waals surface area contributed by atoms with Gasteiger partial charge in [-0.05, 0) is 49.2 Å². The first-order valence-corrected chi connectivity index (χ1v) is 13.5. The van der Waals surface area contributed by atoms with Crippen LogP contribution < -0.4 is 10.1 Å². The molecule has 2 aliphatic rings. The van der Waals surface area contributed by atoms with Crippen molar-refractivity contribution in [1.29, 1.82) is 0 Å². The number of ether oxygens (including phenoxy) is 1. The lowest BCUT2D eigenvalue weighted by Gasteiger charge is -2.42. The number of carbonyl (C=O) groups excluding carboxylic acids is 3. The lowest BCUT2D eigenvalue weighted by atomic mass is 10.1. The Hall–Kier alpha value is -3.60. The highest BCUT2D eigenvalue weighted by Gasteiger charge is 2.35. The molecule has 0 unspecified atom stereocenters.